The van der Waals surface area contributed by atoms with E-state index in [1.54, 1.807) is 23.1 Å². The SMILES string of the molecule is CSc1cccc(C(=O)N(CCCN(C)C)c2nc3ccc(Br)cc3s2)c1.Cl. The minimum atomic E-state index is 0. The second-order valence-corrected chi connectivity index (χ2v) is 9.26. The maximum atomic E-state index is 13.3. The average Bonchev–Trinajstić information content (AvgIpc) is 3.07. The molecule has 0 unspecified atom stereocenters. The van der Waals surface area contributed by atoms with E-state index in [2.05, 4.69) is 20.8 Å². The van der Waals surface area contributed by atoms with E-state index in [1.807, 2.05) is 67.7 Å². The van der Waals surface area contributed by atoms with Crippen molar-refractivity contribution in [3.63, 3.8) is 0 Å². The lowest BCUT2D eigenvalue weighted by molar-refractivity contribution is 0.0986. The van der Waals surface area contributed by atoms with Crippen molar-refractivity contribution in [1.29, 1.82) is 0 Å². The molecule has 1 heterocycles. The van der Waals surface area contributed by atoms with Gasteiger partial charge in [0, 0.05) is 21.5 Å². The fourth-order valence-electron chi connectivity index (χ4n) is 2.74. The molecule has 0 N–H and O–H groups in total. The molecule has 0 aliphatic carbocycles. The molecular formula is C20H23BrClN3OS2. The largest absolute Gasteiger partial charge is 0.309 e. The molecule has 4 nitrogen and oxygen atoms in total. The first-order chi connectivity index (χ1) is 13.0. The Morgan fingerprint density at radius 3 is 2.68 bits per heavy atom. The van der Waals surface area contributed by atoms with Gasteiger partial charge in [0.2, 0.25) is 0 Å². The number of hydrogen-bond acceptors (Lipinski definition) is 5. The predicted molar refractivity (Wildman–Crippen MR) is 128 cm³/mol. The van der Waals surface area contributed by atoms with Crippen LogP contribution in [0, 0.1) is 0 Å². The number of halogens is 2. The van der Waals surface area contributed by atoms with Crippen LogP contribution in [0.5, 0.6) is 0 Å². The highest BCUT2D eigenvalue weighted by Gasteiger charge is 2.21. The first-order valence-electron chi connectivity index (χ1n) is 8.64. The van der Waals surface area contributed by atoms with E-state index in [-0.39, 0.29) is 18.3 Å². The number of thioether (sulfide) groups is 1. The summed E-state index contributed by atoms with van der Waals surface area (Å²) in [6.45, 7) is 1.56. The molecule has 150 valence electrons. The predicted octanol–water partition coefficient (Wildman–Crippen LogP) is 5.80. The van der Waals surface area contributed by atoms with Crippen molar-refractivity contribution in [2.75, 3.05) is 38.3 Å². The Morgan fingerprint density at radius 2 is 1.96 bits per heavy atom. The van der Waals surface area contributed by atoms with Crippen molar-refractivity contribution >= 4 is 72.7 Å². The molecule has 0 fully saturated rings. The topological polar surface area (TPSA) is 36.4 Å². The molecule has 0 saturated heterocycles. The Kier molecular flexibility index (Phi) is 8.77. The first-order valence-corrected chi connectivity index (χ1v) is 11.5. The van der Waals surface area contributed by atoms with Gasteiger partial charge >= 0.3 is 0 Å². The fourth-order valence-corrected chi connectivity index (χ4v) is 4.74. The summed E-state index contributed by atoms with van der Waals surface area (Å²) in [5.74, 6) is 0.00257. The monoisotopic (exact) mass is 499 g/mol. The second kappa shape index (κ2) is 10.6. The minimum Gasteiger partial charge on any atom is -0.309 e. The summed E-state index contributed by atoms with van der Waals surface area (Å²) in [4.78, 5) is 23.1. The van der Waals surface area contributed by atoms with E-state index in [1.165, 1.54) is 0 Å². The van der Waals surface area contributed by atoms with E-state index in [9.17, 15) is 4.79 Å². The zero-order valence-electron chi connectivity index (χ0n) is 16.0. The molecule has 0 saturated carbocycles. The summed E-state index contributed by atoms with van der Waals surface area (Å²) in [6.07, 6.45) is 2.91. The molecular weight excluding hydrogens is 478 g/mol. The first kappa shape index (κ1) is 23.2. The number of aromatic nitrogens is 1. The number of fused-ring (bicyclic) bond motifs is 1. The third-order valence-electron chi connectivity index (χ3n) is 4.12. The number of anilines is 1. The van der Waals surface area contributed by atoms with E-state index in [4.69, 9.17) is 4.98 Å². The Balaban J connectivity index is 0.00000280. The summed E-state index contributed by atoms with van der Waals surface area (Å²) < 4.78 is 2.09. The maximum Gasteiger partial charge on any atom is 0.260 e. The fraction of sp³-hybridized carbons (Fsp3) is 0.300. The van der Waals surface area contributed by atoms with Gasteiger partial charge in [0.25, 0.3) is 5.91 Å². The number of rotatable bonds is 7. The van der Waals surface area contributed by atoms with E-state index in [0.29, 0.717) is 12.1 Å². The number of benzene rings is 2. The summed E-state index contributed by atoms with van der Waals surface area (Å²) in [5, 5.41) is 0.751. The van der Waals surface area contributed by atoms with Crippen molar-refractivity contribution in [3.05, 3.63) is 52.5 Å². The molecule has 3 rings (SSSR count). The molecule has 0 spiro atoms. The maximum absolute atomic E-state index is 13.3. The van der Waals surface area contributed by atoms with Crippen molar-refractivity contribution < 1.29 is 4.79 Å². The van der Waals surface area contributed by atoms with Gasteiger partial charge < -0.3 is 4.90 Å². The molecule has 0 radical (unpaired) electrons. The zero-order chi connectivity index (χ0) is 19.4. The highest BCUT2D eigenvalue weighted by atomic mass is 79.9. The lowest BCUT2D eigenvalue weighted by Crippen LogP contribution is -2.33. The van der Waals surface area contributed by atoms with Gasteiger partial charge in [0.05, 0.1) is 10.2 Å². The molecule has 1 amide bonds. The van der Waals surface area contributed by atoms with Gasteiger partial charge in [-0.3, -0.25) is 9.69 Å². The van der Waals surface area contributed by atoms with Crippen molar-refractivity contribution in [2.45, 2.75) is 11.3 Å². The molecule has 0 aliphatic heterocycles. The molecule has 0 atom stereocenters. The summed E-state index contributed by atoms with van der Waals surface area (Å²) in [6, 6.07) is 13.8. The Bertz CT molecular complexity index is 948. The van der Waals surface area contributed by atoms with E-state index in [0.717, 1.165) is 37.7 Å². The van der Waals surface area contributed by atoms with Crippen molar-refractivity contribution in [1.82, 2.24) is 9.88 Å². The van der Waals surface area contributed by atoms with Gasteiger partial charge in [-0.1, -0.05) is 33.3 Å². The summed E-state index contributed by atoms with van der Waals surface area (Å²) >= 11 is 6.70. The third kappa shape index (κ3) is 5.70. The van der Waals surface area contributed by atoms with Crippen molar-refractivity contribution in [3.8, 4) is 0 Å². The molecule has 8 heteroatoms. The number of thiazole rings is 1. The molecule has 1 aromatic heterocycles. The van der Waals surface area contributed by atoms with Crippen molar-refractivity contribution in [2.24, 2.45) is 0 Å². The van der Waals surface area contributed by atoms with Crippen LogP contribution in [-0.4, -0.2) is 49.2 Å². The average molecular weight is 501 g/mol. The highest BCUT2D eigenvalue weighted by molar-refractivity contribution is 9.10. The van der Waals surface area contributed by atoms with Gasteiger partial charge in [-0.25, -0.2) is 4.98 Å². The van der Waals surface area contributed by atoms with Crippen LogP contribution in [0.2, 0.25) is 0 Å². The lowest BCUT2D eigenvalue weighted by atomic mass is 10.2. The van der Waals surface area contributed by atoms with Crippen LogP contribution in [-0.2, 0) is 0 Å². The van der Waals surface area contributed by atoms with Gasteiger partial charge in [-0.2, -0.15) is 0 Å². The third-order valence-corrected chi connectivity index (χ3v) is 6.38. The van der Waals surface area contributed by atoms with Crippen LogP contribution < -0.4 is 4.90 Å². The number of carbonyl (C=O) groups excluding carboxylic acids is 1. The summed E-state index contributed by atoms with van der Waals surface area (Å²) in [5.41, 5.74) is 1.62. The van der Waals surface area contributed by atoms with Gasteiger partial charge in [0.1, 0.15) is 0 Å². The molecule has 2 aromatic carbocycles. The lowest BCUT2D eigenvalue weighted by Gasteiger charge is -2.21. The number of carbonyl (C=O) groups is 1. The van der Waals surface area contributed by atoms with Crippen LogP contribution in [0.3, 0.4) is 0 Å². The molecule has 28 heavy (non-hydrogen) atoms. The molecule has 3 aromatic rings. The Labute approximate surface area is 188 Å². The standard InChI is InChI=1S/C20H22BrN3OS2.ClH/c1-23(2)10-5-11-24(19(25)14-6-4-7-16(12-14)26-3)20-22-17-9-8-15(21)13-18(17)27-20;/h4,6-9,12-13H,5,10-11H2,1-3H3;1H. The quantitative estimate of drug-likeness (QED) is 0.384. The zero-order valence-corrected chi connectivity index (χ0v) is 20.1. The van der Waals surface area contributed by atoms with E-state index < -0.39 is 0 Å². The minimum absolute atomic E-state index is 0. The summed E-state index contributed by atoms with van der Waals surface area (Å²) in [7, 11) is 4.09. The molecule has 0 bridgehead atoms. The van der Waals surface area contributed by atoms with Crippen LogP contribution in [0.25, 0.3) is 10.2 Å². The van der Waals surface area contributed by atoms with Crippen LogP contribution in [0.15, 0.2) is 51.8 Å². The number of nitrogens with zero attached hydrogens (tertiary/aromatic N) is 3. The smallest absolute Gasteiger partial charge is 0.260 e. The highest BCUT2D eigenvalue weighted by Crippen LogP contribution is 2.32. The number of amides is 1. The van der Waals surface area contributed by atoms with Gasteiger partial charge in [-0.15, -0.1) is 24.2 Å². The number of hydrogen-bond donors (Lipinski definition) is 0. The Hall–Kier alpha value is -1.12. The van der Waals surface area contributed by atoms with Crippen LogP contribution >= 0.6 is 51.4 Å². The molecule has 0 aliphatic rings. The van der Waals surface area contributed by atoms with Gasteiger partial charge in [0.15, 0.2) is 5.13 Å². The normalized spacial score (nSPS) is 10.9. The van der Waals surface area contributed by atoms with Gasteiger partial charge in [-0.05, 0) is 69.7 Å². The van der Waals surface area contributed by atoms with Crippen LogP contribution in [0.1, 0.15) is 16.8 Å². The second-order valence-electron chi connectivity index (χ2n) is 6.45. The Morgan fingerprint density at radius 1 is 1.18 bits per heavy atom. The van der Waals surface area contributed by atoms with Crippen LogP contribution in [0.4, 0.5) is 5.13 Å². The van der Waals surface area contributed by atoms with E-state index >= 15 is 0 Å².